The molecule has 0 aromatic carbocycles. The normalized spacial score (nSPS) is 26.6. The number of nitrogens with zero attached hydrogens (tertiary/aromatic N) is 3. The summed E-state index contributed by atoms with van der Waals surface area (Å²) in [5.74, 6) is 0.645. The van der Waals surface area contributed by atoms with Crippen molar-refractivity contribution in [1.82, 2.24) is 20.0 Å². The van der Waals surface area contributed by atoms with Crippen LogP contribution in [-0.2, 0) is 23.1 Å². The van der Waals surface area contributed by atoms with Crippen molar-refractivity contribution < 1.29 is 9.53 Å². The zero-order chi connectivity index (χ0) is 16.4. The molecule has 6 nitrogen and oxygen atoms in total. The van der Waals surface area contributed by atoms with Crippen LogP contribution in [0.5, 0.6) is 0 Å². The van der Waals surface area contributed by atoms with E-state index in [1.165, 1.54) is 0 Å². The lowest BCUT2D eigenvalue weighted by Crippen LogP contribution is -2.42. The SMILES string of the molecule is Cc1cc(CNC(=O)[C@H]2CCO[C@@H]2C2CCN(C)CC2)n(C)n1. The predicted octanol–water partition coefficient (Wildman–Crippen LogP) is 1.09. The molecule has 0 saturated carbocycles. The standard InChI is InChI=1S/C17H28N4O2/c1-12-10-14(21(3)19-12)11-18-17(22)15-6-9-23-16(15)13-4-7-20(2)8-5-13/h10,13,15-16H,4-9,11H2,1-3H3,(H,18,22)/t15-,16+/m0/s1. The minimum Gasteiger partial charge on any atom is -0.377 e. The summed E-state index contributed by atoms with van der Waals surface area (Å²) in [6.45, 7) is 5.42. The number of hydrogen-bond donors (Lipinski definition) is 1. The molecule has 0 bridgehead atoms. The van der Waals surface area contributed by atoms with E-state index >= 15 is 0 Å². The highest BCUT2D eigenvalue weighted by Gasteiger charge is 2.39. The molecule has 0 aliphatic carbocycles. The van der Waals surface area contributed by atoms with Gasteiger partial charge >= 0.3 is 0 Å². The van der Waals surface area contributed by atoms with Crippen LogP contribution in [0.1, 0.15) is 30.7 Å². The van der Waals surface area contributed by atoms with Crippen molar-refractivity contribution in [2.45, 2.75) is 38.8 Å². The minimum atomic E-state index is -0.00210. The smallest absolute Gasteiger partial charge is 0.226 e. The van der Waals surface area contributed by atoms with Gasteiger partial charge in [-0.05, 0) is 58.3 Å². The van der Waals surface area contributed by atoms with Crippen LogP contribution in [0.3, 0.4) is 0 Å². The molecular formula is C17H28N4O2. The van der Waals surface area contributed by atoms with Crippen LogP contribution < -0.4 is 5.32 Å². The number of nitrogens with one attached hydrogen (secondary N) is 1. The summed E-state index contributed by atoms with van der Waals surface area (Å²) in [4.78, 5) is 15.0. The van der Waals surface area contributed by atoms with Crippen molar-refractivity contribution in [3.05, 3.63) is 17.5 Å². The molecule has 2 aliphatic rings. The summed E-state index contributed by atoms with van der Waals surface area (Å²) in [7, 11) is 4.07. The summed E-state index contributed by atoms with van der Waals surface area (Å²) >= 11 is 0. The van der Waals surface area contributed by atoms with Gasteiger partial charge in [0.2, 0.25) is 5.91 Å². The third kappa shape index (κ3) is 3.75. The number of piperidine rings is 1. The summed E-state index contributed by atoms with van der Waals surface area (Å²) in [6.07, 6.45) is 3.20. The summed E-state index contributed by atoms with van der Waals surface area (Å²) < 4.78 is 7.77. The maximum absolute atomic E-state index is 12.6. The number of aromatic nitrogens is 2. The van der Waals surface area contributed by atoms with Crippen LogP contribution in [-0.4, -0.2) is 53.4 Å². The Bertz CT molecular complexity index is 549. The summed E-state index contributed by atoms with van der Waals surface area (Å²) in [5, 5.41) is 7.40. The van der Waals surface area contributed by atoms with Crippen molar-refractivity contribution in [2.24, 2.45) is 18.9 Å². The number of aryl methyl sites for hydroxylation is 2. The van der Waals surface area contributed by atoms with Crippen LogP contribution in [0.25, 0.3) is 0 Å². The van der Waals surface area contributed by atoms with Crippen molar-refractivity contribution in [2.75, 3.05) is 26.7 Å². The van der Waals surface area contributed by atoms with Crippen LogP contribution >= 0.6 is 0 Å². The van der Waals surface area contributed by atoms with E-state index in [4.69, 9.17) is 4.74 Å². The van der Waals surface area contributed by atoms with Crippen molar-refractivity contribution in [3.63, 3.8) is 0 Å². The van der Waals surface area contributed by atoms with Gasteiger partial charge in [0.1, 0.15) is 0 Å². The summed E-state index contributed by atoms with van der Waals surface area (Å²) in [5.41, 5.74) is 2.01. The largest absolute Gasteiger partial charge is 0.377 e. The second-order valence-electron chi connectivity index (χ2n) is 6.99. The Kier molecular flexibility index (Phi) is 5.02. The van der Waals surface area contributed by atoms with Gasteiger partial charge in [0.05, 0.1) is 30.0 Å². The molecule has 2 atom stereocenters. The molecule has 2 fully saturated rings. The molecule has 1 amide bonds. The van der Waals surface area contributed by atoms with Gasteiger partial charge in [0.15, 0.2) is 0 Å². The molecule has 6 heteroatoms. The maximum atomic E-state index is 12.6. The van der Waals surface area contributed by atoms with Crippen molar-refractivity contribution >= 4 is 5.91 Å². The first-order chi connectivity index (χ1) is 11.0. The topological polar surface area (TPSA) is 59.4 Å². The highest BCUT2D eigenvalue weighted by Crippen LogP contribution is 2.33. The van der Waals surface area contributed by atoms with E-state index in [1.54, 1.807) is 0 Å². The fourth-order valence-electron chi connectivity index (χ4n) is 3.85. The number of hydrogen-bond acceptors (Lipinski definition) is 4. The van der Waals surface area contributed by atoms with Gasteiger partial charge in [-0.3, -0.25) is 9.48 Å². The lowest BCUT2D eigenvalue weighted by Gasteiger charge is -2.34. The summed E-state index contributed by atoms with van der Waals surface area (Å²) in [6, 6.07) is 2.01. The molecule has 0 radical (unpaired) electrons. The third-order valence-electron chi connectivity index (χ3n) is 5.24. The van der Waals surface area contributed by atoms with Gasteiger partial charge in [0, 0.05) is 13.7 Å². The quantitative estimate of drug-likeness (QED) is 0.902. The molecule has 0 spiro atoms. The van der Waals surface area contributed by atoms with E-state index in [-0.39, 0.29) is 17.9 Å². The minimum absolute atomic E-state index is 0.00210. The first kappa shape index (κ1) is 16.5. The van der Waals surface area contributed by atoms with Gasteiger partial charge < -0.3 is 15.0 Å². The molecular weight excluding hydrogens is 292 g/mol. The Morgan fingerprint density at radius 1 is 1.35 bits per heavy atom. The van der Waals surface area contributed by atoms with Gasteiger partial charge in [-0.15, -0.1) is 0 Å². The van der Waals surface area contributed by atoms with Crippen molar-refractivity contribution in [3.8, 4) is 0 Å². The van der Waals surface area contributed by atoms with Gasteiger partial charge in [-0.25, -0.2) is 0 Å². The van der Waals surface area contributed by atoms with E-state index in [0.717, 1.165) is 43.7 Å². The zero-order valence-corrected chi connectivity index (χ0v) is 14.4. The first-order valence-electron chi connectivity index (χ1n) is 8.62. The van der Waals surface area contributed by atoms with Crippen molar-refractivity contribution in [1.29, 1.82) is 0 Å². The molecule has 23 heavy (non-hydrogen) atoms. The molecule has 2 aliphatic heterocycles. The predicted molar refractivity (Wildman–Crippen MR) is 87.9 cm³/mol. The molecule has 3 rings (SSSR count). The van der Waals surface area contributed by atoms with Gasteiger partial charge in [-0.1, -0.05) is 0 Å². The number of ether oxygens (including phenoxy) is 1. The number of amides is 1. The Hall–Kier alpha value is -1.40. The Balaban J connectivity index is 1.56. The van der Waals surface area contributed by atoms with Crippen LogP contribution in [0, 0.1) is 18.8 Å². The van der Waals surface area contributed by atoms with E-state index in [2.05, 4.69) is 22.4 Å². The Morgan fingerprint density at radius 3 is 2.74 bits per heavy atom. The Labute approximate surface area is 138 Å². The van der Waals surface area contributed by atoms with Crippen LogP contribution in [0.2, 0.25) is 0 Å². The lowest BCUT2D eigenvalue weighted by atomic mass is 9.84. The zero-order valence-electron chi connectivity index (χ0n) is 14.4. The van der Waals surface area contributed by atoms with Gasteiger partial charge in [-0.2, -0.15) is 5.10 Å². The molecule has 2 saturated heterocycles. The lowest BCUT2D eigenvalue weighted by molar-refractivity contribution is -0.128. The number of rotatable bonds is 4. The number of likely N-dealkylation sites (tertiary alicyclic amines) is 1. The monoisotopic (exact) mass is 320 g/mol. The van der Waals surface area contributed by atoms with E-state index in [9.17, 15) is 4.79 Å². The first-order valence-corrected chi connectivity index (χ1v) is 8.62. The van der Waals surface area contributed by atoms with Crippen LogP contribution in [0.15, 0.2) is 6.07 Å². The fourth-order valence-corrected chi connectivity index (χ4v) is 3.85. The molecule has 3 heterocycles. The molecule has 1 aromatic heterocycles. The molecule has 1 N–H and O–H groups in total. The van der Waals surface area contributed by atoms with E-state index < -0.39 is 0 Å². The highest BCUT2D eigenvalue weighted by atomic mass is 16.5. The van der Waals surface area contributed by atoms with Crippen LogP contribution in [0.4, 0.5) is 0 Å². The number of carbonyl (C=O) groups excluding carboxylic acids is 1. The van der Waals surface area contributed by atoms with E-state index in [0.29, 0.717) is 19.1 Å². The average molecular weight is 320 g/mol. The highest BCUT2D eigenvalue weighted by molar-refractivity contribution is 5.79. The average Bonchev–Trinajstić information content (AvgIpc) is 3.12. The van der Waals surface area contributed by atoms with Gasteiger partial charge in [0.25, 0.3) is 0 Å². The second-order valence-corrected chi connectivity index (χ2v) is 6.99. The third-order valence-corrected chi connectivity index (χ3v) is 5.24. The number of carbonyl (C=O) groups is 1. The Morgan fingerprint density at radius 2 is 2.09 bits per heavy atom. The molecule has 1 aromatic rings. The fraction of sp³-hybridized carbons (Fsp3) is 0.765. The molecule has 128 valence electrons. The second kappa shape index (κ2) is 7.01. The van der Waals surface area contributed by atoms with E-state index in [1.807, 2.05) is 24.7 Å². The molecule has 0 unspecified atom stereocenters. The maximum Gasteiger partial charge on any atom is 0.226 e.